The van der Waals surface area contributed by atoms with Gasteiger partial charge >= 0.3 is 0 Å². The van der Waals surface area contributed by atoms with Gasteiger partial charge in [0.15, 0.2) is 0 Å². The molecule has 0 aliphatic carbocycles. The smallest absolute Gasteiger partial charge is 0.259 e. The number of amides is 2. The van der Waals surface area contributed by atoms with Crippen molar-refractivity contribution in [2.75, 3.05) is 20.6 Å². The van der Waals surface area contributed by atoms with Crippen LogP contribution in [0, 0.1) is 0 Å². The molecule has 0 fully saturated rings. The molecule has 0 atom stereocenters. The molecular weight excluding hydrogens is 368 g/mol. The number of nitrogens with zero attached hydrogens (tertiary/aromatic N) is 2. The summed E-state index contributed by atoms with van der Waals surface area (Å²) in [6, 6.07) is 14.7. The molecule has 142 valence electrons. The molecule has 0 spiro atoms. The van der Waals surface area contributed by atoms with E-state index in [-0.39, 0.29) is 17.0 Å². The number of benzene rings is 2. The number of nitrogens with one attached hydrogen (secondary N) is 2. The molecule has 8 nitrogen and oxygen atoms in total. The second-order valence-electron chi connectivity index (χ2n) is 5.70. The maximum absolute atomic E-state index is 12.0. The van der Waals surface area contributed by atoms with Crippen molar-refractivity contribution in [1.29, 1.82) is 0 Å². The quantitative estimate of drug-likeness (QED) is 0.541. The van der Waals surface area contributed by atoms with Crippen molar-refractivity contribution < 1.29 is 18.0 Å². The molecule has 0 saturated heterocycles. The van der Waals surface area contributed by atoms with Crippen molar-refractivity contribution in [2.45, 2.75) is 4.90 Å². The van der Waals surface area contributed by atoms with Gasteiger partial charge in [0.05, 0.1) is 17.7 Å². The molecule has 9 heteroatoms. The molecule has 0 radical (unpaired) electrons. The van der Waals surface area contributed by atoms with Crippen LogP contribution in [0.25, 0.3) is 0 Å². The number of carbonyl (C=O) groups excluding carboxylic acids is 2. The molecule has 0 aliphatic heterocycles. The van der Waals surface area contributed by atoms with Crippen LogP contribution in [-0.4, -0.2) is 51.4 Å². The Bertz CT molecular complexity index is 924. The van der Waals surface area contributed by atoms with Gasteiger partial charge in [0.1, 0.15) is 0 Å². The molecule has 0 bridgehead atoms. The van der Waals surface area contributed by atoms with E-state index in [1.165, 1.54) is 44.6 Å². The number of hydrogen-bond donors (Lipinski definition) is 2. The minimum Gasteiger partial charge on any atom is -0.343 e. The maximum Gasteiger partial charge on any atom is 0.259 e. The van der Waals surface area contributed by atoms with E-state index in [2.05, 4.69) is 15.8 Å². The van der Waals surface area contributed by atoms with Gasteiger partial charge < -0.3 is 5.32 Å². The predicted molar refractivity (Wildman–Crippen MR) is 102 cm³/mol. The highest BCUT2D eigenvalue weighted by molar-refractivity contribution is 7.89. The van der Waals surface area contributed by atoms with Crippen LogP contribution in [0.3, 0.4) is 0 Å². The van der Waals surface area contributed by atoms with E-state index in [0.717, 1.165) is 9.87 Å². The van der Waals surface area contributed by atoms with Gasteiger partial charge in [-0.3, -0.25) is 9.59 Å². The lowest BCUT2D eigenvalue weighted by Gasteiger charge is -2.11. The minimum absolute atomic E-state index is 0.0806. The summed E-state index contributed by atoms with van der Waals surface area (Å²) in [6.45, 7) is -0.261. The molecule has 2 aromatic carbocycles. The van der Waals surface area contributed by atoms with E-state index in [0.29, 0.717) is 0 Å². The van der Waals surface area contributed by atoms with Crippen LogP contribution in [0.5, 0.6) is 0 Å². The first-order valence-electron chi connectivity index (χ1n) is 7.98. The van der Waals surface area contributed by atoms with Crippen LogP contribution >= 0.6 is 0 Å². The third-order valence-corrected chi connectivity index (χ3v) is 5.34. The Labute approximate surface area is 157 Å². The lowest BCUT2D eigenvalue weighted by atomic mass is 10.2. The largest absolute Gasteiger partial charge is 0.343 e. The number of sulfonamides is 1. The first-order chi connectivity index (χ1) is 12.8. The summed E-state index contributed by atoms with van der Waals surface area (Å²) in [5.74, 6) is -0.978. The molecule has 2 N–H and O–H groups in total. The van der Waals surface area contributed by atoms with Gasteiger partial charge in [-0.15, -0.1) is 0 Å². The summed E-state index contributed by atoms with van der Waals surface area (Å²) < 4.78 is 25.1. The summed E-state index contributed by atoms with van der Waals surface area (Å²) in [5.41, 5.74) is 3.38. The molecule has 0 unspecified atom stereocenters. The highest BCUT2D eigenvalue weighted by atomic mass is 32.2. The highest BCUT2D eigenvalue weighted by Gasteiger charge is 2.17. The number of carbonyl (C=O) groups is 2. The van der Waals surface area contributed by atoms with Crippen LogP contribution in [0.15, 0.2) is 64.6 Å². The van der Waals surface area contributed by atoms with E-state index >= 15 is 0 Å². The van der Waals surface area contributed by atoms with Gasteiger partial charge in [0.25, 0.3) is 11.8 Å². The number of rotatable bonds is 7. The highest BCUT2D eigenvalue weighted by Crippen LogP contribution is 2.13. The molecule has 2 aromatic rings. The Balaban J connectivity index is 1.86. The summed E-state index contributed by atoms with van der Waals surface area (Å²) in [6.07, 6.45) is 1.49. The lowest BCUT2D eigenvalue weighted by Crippen LogP contribution is -2.34. The molecule has 2 amide bonds. The van der Waals surface area contributed by atoms with Crippen molar-refractivity contribution in [3.05, 3.63) is 65.7 Å². The standard InChI is InChI=1S/C18H20N4O4S/c1-22(2)27(25,26)16-10-8-15(9-11-16)18(24)19-13-17(23)21-20-12-14-6-4-3-5-7-14/h3-12H,13H2,1-2H3,(H,19,24)(H,21,23)/b20-12-. The Morgan fingerprint density at radius 1 is 1.04 bits per heavy atom. The van der Waals surface area contributed by atoms with E-state index in [4.69, 9.17) is 0 Å². The van der Waals surface area contributed by atoms with Crippen LogP contribution in [-0.2, 0) is 14.8 Å². The van der Waals surface area contributed by atoms with E-state index in [1.807, 2.05) is 30.3 Å². The van der Waals surface area contributed by atoms with Crippen LogP contribution in [0.1, 0.15) is 15.9 Å². The van der Waals surface area contributed by atoms with Gasteiger partial charge in [0.2, 0.25) is 10.0 Å². The molecule has 2 rings (SSSR count). The first-order valence-corrected chi connectivity index (χ1v) is 9.42. The second kappa shape index (κ2) is 9.06. The number of hydrogen-bond acceptors (Lipinski definition) is 5. The maximum atomic E-state index is 12.0. The summed E-state index contributed by atoms with van der Waals surface area (Å²) in [4.78, 5) is 23.8. The third kappa shape index (κ3) is 5.73. The Kier molecular flexibility index (Phi) is 6.80. The third-order valence-electron chi connectivity index (χ3n) is 3.51. The van der Waals surface area contributed by atoms with Crippen LogP contribution in [0.4, 0.5) is 0 Å². The van der Waals surface area contributed by atoms with Gasteiger partial charge in [-0.1, -0.05) is 30.3 Å². The van der Waals surface area contributed by atoms with Crippen molar-refractivity contribution >= 4 is 28.1 Å². The van der Waals surface area contributed by atoms with Crippen molar-refractivity contribution in [1.82, 2.24) is 15.0 Å². The summed E-state index contributed by atoms with van der Waals surface area (Å²) in [7, 11) is -0.706. The van der Waals surface area contributed by atoms with Crippen molar-refractivity contribution in [3.8, 4) is 0 Å². The van der Waals surface area contributed by atoms with Crippen molar-refractivity contribution in [2.24, 2.45) is 5.10 Å². The topological polar surface area (TPSA) is 108 Å². The zero-order valence-corrected chi connectivity index (χ0v) is 15.7. The average Bonchev–Trinajstić information content (AvgIpc) is 2.67. The van der Waals surface area contributed by atoms with E-state index in [9.17, 15) is 18.0 Å². The van der Waals surface area contributed by atoms with E-state index in [1.54, 1.807) is 0 Å². The van der Waals surface area contributed by atoms with Gasteiger partial charge in [-0.25, -0.2) is 18.1 Å². The monoisotopic (exact) mass is 388 g/mol. The normalized spacial score (nSPS) is 11.5. The fourth-order valence-electron chi connectivity index (χ4n) is 2.01. The molecular formula is C18H20N4O4S. The van der Waals surface area contributed by atoms with Gasteiger partial charge in [-0.05, 0) is 29.8 Å². The molecule has 0 heterocycles. The Morgan fingerprint density at radius 2 is 1.67 bits per heavy atom. The fraction of sp³-hybridized carbons (Fsp3) is 0.167. The Morgan fingerprint density at radius 3 is 2.26 bits per heavy atom. The zero-order chi connectivity index (χ0) is 19.9. The van der Waals surface area contributed by atoms with Gasteiger partial charge in [-0.2, -0.15) is 5.10 Å². The lowest BCUT2D eigenvalue weighted by molar-refractivity contribution is -0.120. The molecule has 27 heavy (non-hydrogen) atoms. The van der Waals surface area contributed by atoms with Crippen LogP contribution in [0.2, 0.25) is 0 Å². The SMILES string of the molecule is CN(C)S(=O)(=O)c1ccc(C(=O)NCC(=O)N/N=C\c2ccccc2)cc1. The molecule has 0 saturated carbocycles. The summed E-state index contributed by atoms with van der Waals surface area (Å²) in [5, 5.41) is 6.24. The van der Waals surface area contributed by atoms with E-state index < -0.39 is 21.8 Å². The van der Waals surface area contributed by atoms with Crippen LogP contribution < -0.4 is 10.7 Å². The summed E-state index contributed by atoms with van der Waals surface area (Å²) >= 11 is 0. The Hall–Kier alpha value is -3.04. The predicted octanol–water partition coefficient (Wildman–Crippen LogP) is 0.817. The zero-order valence-electron chi connectivity index (χ0n) is 14.9. The second-order valence-corrected chi connectivity index (χ2v) is 7.85. The van der Waals surface area contributed by atoms with Crippen molar-refractivity contribution in [3.63, 3.8) is 0 Å². The fourth-order valence-corrected chi connectivity index (χ4v) is 2.91. The van der Waals surface area contributed by atoms with Gasteiger partial charge in [0, 0.05) is 19.7 Å². The molecule has 0 aliphatic rings. The number of hydrazone groups is 1. The average molecular weight is 388 g/mol. The minimum atomic E-state index is -3.56. The molecule has 0 aromatic heterocycles. The first kappa shape index (κ1) is 20.3.